The number of nitrogens with zero attached hydrogens (tertiary/aromatic N) is 7. The number of fused-ring (bicyclic) bond motifs is 1. The van der Waals surface area contributed by atoms with Crippen LogP contribution in [0, 0.1) is 16.0 Å². The number of aromatic nitrogens is 5. The van der Waals surface area contributed by atoms with Crippen molar-refractivity contribution in [3.63, 3.8) is 0 Å². The second-order valence-electron chi connectivity index (χ2n) is 12.0. The van der Waals surface area contributed by atoms with E-state index in [9.17, 15) is 14.9 Å². The number of methoxy groups -OCH3 is 1. The monoisotopic (exact) mass is 581 g/mol. The van der Waals surface area contributed by atoms with Crippen molar-refractivity contribution in [2.24, 2.45) is 5.92 Å². The van der Waals surface area contributed by atoms with Crippen molar-refractivity contribution in [1.29, 1.82) is 0 Å². The topological polar surface area (TPSA) is 162 Å². The number of anilines is 3. The molecule has 42 heavy (non-hydrogen) atoms. The van der Waals surface area contributed by atoms with Crippen molar-refractivity contribution >= 4 is 40.4 Å². The van der Waals surface area contributed by atoms with Gasteiger partial charge in [0.25, 0.3) is 0 Å². The molecular formula is C28H39N9O5. The van der Waals surface area contributed by atoms with Crippen LogP contribution in [0.15, 0.2) is 24.5 Å². The Hall–Kier alpha value is -4.07. The molecule has 3 aromatic rings. The molecule has 2 fully saturated rings. The van der Waals surface area contributed by atoms with Gasteiger partial charge in [-0.25, -0.2) is 14.8 Å². The van der Waals surface area contributed by atoms with E-state index in [0.717, 1.165) is 51.6 Å². The summed E-state index contributed by atoms with van der Waals surface area (Å²) in [6.45, 7) is 7.67. The smallest absolute Gasteiger partial charge is 0.407 e. The number of hydrogen-bond donors (Lipinski definition) is 2. The maximum absolute atomic E-state index is 12.2. The van der Waals surface area contributed by atoms with Crippen molar-refractivity contribution < 1.29 is 19.2 Å². The maximum atomic E-state index is 12.2. The van der Waals surface area contributed by atoms with Gasteiger partial charge in [0.05, 0.1) is 17.7 Å². The summed E-state index contributed by atoms with van der Waals surface area (Å²) in [5.74, 6) is 1.77. The Morgan fingerprint density at radius 1 is 1.12 bits per heavy atom. The van der Waals surface area contributed by atoms with Gasteiger partial charge in [-0.3, -0.25) is 0 Å². The number of amides is 1. The lowest BCUT2D eigenvalue weighted by Gasteiger charge is -2.31. The summed E-state index contributed by atoms with van der Waals surface area (Å²) >= 11 is 0. The van der Waals surface area contributed by atoms with E-state index in [1.165, 1.54) is 6.20 Å². The summed E-state index contributed by atoms with van der Waals surface area (Å²) in [5.41, 5.74) is 0.0842. The van der Waals surface area contributed by atoms with Gasteiger partial charge in [-0.2, -0.15) is 9.67 Å². The Kier molecular flexibility index (Phi) is 8.71. The van der Waals surface area contributed by atoms with Crippen LogP contribution in [0.2, 0.25) is 0 Å². The number of alkyl carbamates (subject to hydrolysis) is 1. The molecule has 1 saturated carbocycles. The standard InChI is InChI=1S/C28H39N9O5/c1-28(2,3)42-27(38)31-19-7-5-18(6-8-19)17-36-22-15-24(30-16-21(22)25(34-36)37(39)40)32-23-9-12-29-26(33-23)35-13-10-20(41-4)11-14-35/h9,12,15-16,18-20H,5-8,10-11,13-14,17H2,1-4H3,(H,31,38)(H,29,30,32,33). The van der Waals surface area contributed by atoms with Gasteiger partial charge in [-0.1, -0.05) is 0 Å². The van der Waals surface area contributed by atoms with Crippen LogP contribution in [-0.4, -0.2) is 73.7 Å². The molecule has 0 aromatic carbocycles. The maximum Gasteiger partial charge on any atom is 0.407 e. The van der Waals surface area contributed by atoms with Crippen LogP contribution < -0.4 is 15.5 Å². The van der Waals surface area contributed by atoms with E-state index in [0.29, 0.717) is 35.0 Å². The number of piperidine rings is 1. The Labute approximate surface area is 244 Å². The first kappa shape index (κ1) is 29.4. The highest BCUT2D eigenvalue weighted by Gasteiger charge is 2.29. The lowest BCUT2D eigenvalue weighted by Crippen LogP contribution is -2.41. The van der Waals surface area contributed by atoms with E-state index in [2.05, 4.69) is 35.6 Å². The van der Waals surface area contributed by atoms with Crippen LogP contribution in [0.3, 0.4) is 0 Å². The number of nitro groups is 1. The summed E-state index contributed by atoms with van der Waals surface area (Å²) < 4.78 is 12.5. The Morgan fingerprint density at radius 3 is 2.52 bits per heavy atom. The highest BCUT2D eigenvalue weighted by molar-refractivity contribution is 5.88. The molecule has 1 aliphatic heterocycles. The first-order valence-corrected chi connectivity index (χ1v) is 14.5. The van der Waals surface area contributed by atoms with Gasteiger partial charge in [-0.15, -0.1) is 0 Å². The molecule has 0 radical (unpaired) electrons. The van der Waals surface area contributed by atoms with E-state index in [1.54, 1.807) is 30.1 Å². The molecule has 2 aliphatic rings. The Morgan fingerprint density at radius 2 is 1.86 bits per heavy atom. The van der Waals surface area contributed by atoms with Crippen molar-refractivity contribution in [3.8, 4) is 0 Å². The molecule has 226 valence electrons. The van der Waals surface area contributed by atoms with Gasteiger partial charge >= 0.3 is 11.9 Å². The van der Waals surface area contributed by atoms with Crippen LogP contribution in [-0.2, 0) is 16.0 Å². The fourth-order valence-corrected chi connectivity index (χ4v) is 5.60. The van der Waals surface area contributed by atoms with Gasteiger partial charge in [0, 0.05) is 44.7 Å². The lowest BCUT2D eigenvalue weighted by molar-refractivity contribution is -0.388. The molecule has 1 saturated heterocycles. The van der Waals surface area contributed by atoms with Crippen LogP contribution in [0.5, 0.6) is 0 Å². The number of carbonyl (C=O) groups excluding carboxylic acids is 1. The van der Waals surface area contributed by atoms with Crippen LogP contribution in [0.25, 0.3) is 10.9 Å². The van der Waals surface area contributed by atoms with E-state index in [1.807, 2.05) is 20.8 Å². The van der Waals surface area contributed by atoms with Crippen molar-refractivity contribution in [2.45, 2.75) is 83.6 Å². The number of ether oxygens (including phenoxy) is 2. The largest absolute Gasteiger partial charge is 0.444 e. The zero-order valence-corrected chi connectivity index (χ0v) is 24.6. The van der Waals surface area contributed by atoms with E-state index in [4.69, 9.17) is 9.47 Å². The number of pyridine rings is 1. The van der Waals surface area contributed by atoms with Gasteiger partial charge in [-0.05, 0) is 76.2 Å². The van der Waals surface area contributed by atoms with Gasteiger partial charge < -0.3 is 35.1 Å². The minimum absolute atomic E-state index is 0.0453. The highest BCUT2D eigenvalue weighted by atomic mass is 16.6. The summed E-state index contributed by atoms with van der Waals surface area (Å²) in [5, 5.41) is 22.7. The third-order valence-electron chi connectivity index (χ3n) is 7.75. The third-order valence-corrected chi connectivity index (χ3v) is 7.75. The van der Waals surface area contributed by atoms with E-state index < -0.39 is 16.6 Å². The molecule has 3 aromatic heterocycles. The predicted molar refractivity (Wildman–Crippen MR) is 157 cm³/mol. The average Bonchev–Trinajstić information content (AvgIpc) is 3.31. The minimum Gasteiger partial charge on any atom is -0.444 e. The molecular weight excluding hydrogens is 542 g/mol. The second kappa shape index (κ2) is 12.4. The summed E-state index contributed by atoms with van der Waals surface area (Å²) in [7, 11) is 1.74. The molecule has 1 aliphatic carbocycles. The van der Waals surface area contributed by atoms with E-state index >= 15 is 0 Å². The Balaban J connectivity index is 1.27. The first-order chi connectivity index (χ1) is 20.1. The molecule has 5 rings (SSSR count). The van der Waals surface area contributed by atoms with Crippen LogP contribution in [0.4, 0.5) is 28.2 Å². The van der Waals surface area contributed by atoms with Gasteiger partial charge in [0.15, 0.2) is 0 Å². The molecule has 0 atom stereocenters. The number of carbonyl (C=O) groups is 1. The van der Waals surface area contributed by atoms with E-state index in [-0.39, 0.29) is 23.9 Å². The molecule has 1 amide bonds. The number of nitrogens with one attached hydrogen (secondary N) is 2. The minimum atomic E-state index is -0.545. The number of rotatable bonds is 8. The zero-order chi connectivity index (χ0) is 29.9. The molecule has 14 nitrogen and oxygen atoms in total. The van der Waals surface area contributed by atoms with Crippen molar-refractivity contribution in [3.05, 3.63) is 34.6 Å². The lowest BCUT2D eigenvalue weighted by atomic mass is 9.86. The van der Waals surface area contributed by atoms with Crippen molar-refractivity contribution in [1.82, 2.24) is 30.0 Å². The molecule has 2 N–H and O–H groups in total. The molecule has 0 bridgehead atoms. The molecule has 0 unspecified atom stereocenters. The second-order valence-corrected chi connectivity index (χ2v) is 12.0. The predicted octanol–water partition coefficient (Wildman–Crippen LogP) is 4.57. The fraction of sp³-hybridized carbons (Fsp3) is 0.607. The van der Waals surface area contributed by atoms with Crippen LogP contribution >= 0.6 is 0 Å². The normalized spacial score (nSPS) is 20.0. The summed E-state index contributed by atoms with van der Waals surface area (Å²) in [4.78, 5) is 39.1. The SMILES string of the molecule is COC1CCN(c2nccc(Nc3cc4c(cn3)c([N+](=O)[O-])nn4CC3CCC(NC(=O)OC(C)(C)C)CC3)n2)CC1. The third kappa shape index (κ3) is 7.22. The number of hydrogen-bond acceptors (Lipinski definition) is 11. The van der Waals surface area contributed by atoms with Crippen molar-refractivity contribution in [2.75, 3.05) is 30.4 Å². The van der Waals surface area contributed by atoms with Gasteiger partial charge in [0.2, 0.25) is 5.95 Å². The van der Waals surface area contributed by atoms with Crippen LogP contribution in [0.1, 0.15) is 59.3 Å². The molecule has 4 heterocycles. The van der Waals surface area contributed by atoms with Gasteiger partial charge in [0.1, 0.15) is 28.1 Å². The molecule has 0 spiro atoms. The first-order valence-electron chi connectivity index (χ1n) is 14.5. The fourth-order valence-electron chi connectivity index (χ4n) is 5.60. The highest BCUT2D eigenvalue weighted by Crippen LogP contribution is 2.31. The zero-order valence-electron chi connectivity index (χ0n) is 24.6. The quantitative estimate of drug-likeness (QED) is 0.283. The Bertz CT molecular complexity index is 1410. The summed E-state index contributed by atoms with van der Waals surface area (Å²) in [6.07, 6.45) is 8.20. The molecule has 14 heteroatoms. The summed E-state index contributed by atoms with van der Waals surface area (Å²) in [6, 6.07) is 3.58. The average molecular weight is 582 g/mol.